The largest absolute Gasteiger partial charge is 0.454 e. The molecule has 0 amide bonds. The maximum atomic E-state index is 8.62. The molecule has 0 atom stereocenters. The van der Waals surface area contributed by atoms with E-state index in [0.717, 1.165) is 0 Å². The summed E-state index contributed by atoms with van der Waals surface area (Å²) < 4.78 is 54.5. The van der Waals surface area contributed by atoms with Gasteiger partial charge in [0.15, 0.2) is 5.58 Å². The predicted octanol–water partition coefficient (Wildman–Crippen LogP) is 4.84. The third-order valence-electron chi connectivity index (χ3n) is 3.15. The van der Waals surface area contributed by atoms with E-state index in [1.54, 1.807) is 24.3 Å². The number of hydrogen-bond acceptors (Lipinski definition) is 2. The van der Waals surface area contributed by atoms with Crippen LogP contribution in [-0.2, 0) is 0 Å². The first kappa shape index (κ1) is 6.62. The van der Waals surface area contributed by atoms with Crippen LogP contribution in [0.5, 0.6) is 0 Å². The lowest BCUT2D eigenvalue weighted by Gasteiger charge is -2.03. The molecule has 0 saturated carbocycles. The van der Waals surface area contributed by atoms with E-state index in [1.165, 1.54) is 0 Å². The number of nitrogen functional groups attached to an aromatic ring is 1. The number of anilines is 1. The van der Waals surface area contributed by atoms with Gasteiger partial charge in [0.2, 0.25) is 0 Å². The first-order chi connectivity index (χ1) is 12.3. The molecular formula is C18H13NO. The van der Waals surface area contributed by atoms with Crippen LogP contribution in [0, 0.1) is 0 Å². The summed E-state index contributed by atoms with van der Waals surface area (Å²) in [5.74, 6) is 0. The van der Waals surface area contributed by atoms with Crippen LogP contribution in [0.3, 0.4) is 0 Å². The molecule has 1 aromatic heterocycles. The highest BCUT2D eigenvalue weighted by Gasteiger charge is 2.11. The van der Waals surface area contributed by atoms with E-state index < -0.39 is 12.1 Å². The average molecular weight is 265 g/mol. The summed E-state index contributed by atoms with van der Waals surface area (Å²) in [4.78, 5) is 0. The maximum Gasteiger partial charge on any atom is 0.158 e. The third-order valence-corrected chi connectivity index (χ3v) is 3.15. The Hall–Kier alpha value is -2.74. The molecule has 4 rings (SSSR count). The number of benzene rings is 3. The topological polar surface area (TPSA) is 39.2 Å². The summed E-state index contributed by atoms with van der Waals surface area (Å²) >= 11 is 0. The Balaban J connectivity index is 2.28. The minimum Gasteiger partial charge on any atom is -0.454 e. The molecular weight excluding hydrogens is 246 g/mol. The van der Waals surface area contributed by atoms with Gasteiger partial charge in [0, 0.05) is 10.8 Å². The van der Waals surface area contributed by atoms with Crippen molar-refractivity contribution >= 4 is 27.6 Å². The first-order valence-corrected chi connectivity index (χ1v) is 6.11. The monoisotopic (exact) mass is 265 g/mol. The Morgan fingerprint density at radius 3 is 2.55 bits per heavy atom. The second kappa shape index (κ2) is 4.14. The van der Waals surface area contributed by atoms with Crippen LogP contribution in [0.2, 0.25) is 0 Å². The summed E-state index contributed by atoms with van der Waals surface area (Å²) in [6.07, 6.45) is 0. The van der Waals surface area contributed by atoms with Gasteiger partial charge in [-0.3, -0.25) is 0 Å². The molecule has 0 aliphatic carbocycles. The highest BCUT2D eigenvalue weighted by molar-refractivity contribution is 6.10. The predicted molar refractivity (Wildman–Crippen MR) is 83.6 cm³/mol. The van der Waals surface area contributed by atoms with Crippen molar-refractivity contribution < 1.29 is 12.6 Å². The van der Waals surface area contributed by atoms with Gasteiger partial charge in [-0.25, -0.2) is 0 Å². The number of fused-ring (bicyclic) bond motifs is 3. The molecule has 0 fully saturated rings. The fourth-order valence-electron chi connectivity index (χ4n) is 2.23. The van der Waals surface area contributed by atoms with E-state index in [-0.39, 0.29) is 51.8 Å². The molecule has 2 N–H and O–H groups in total. The van der Waals surface area contributed by atoms with E-state index in [1.807, 2.05) is 6.07 Å². The Morgan fingerprint density at radius 1 is 0.900 bits per heavy atom. The Morgan fingerprint density at radius 2 is 1.70 bits per heavy atom. The number of rotatable bonds is 1. The molecule has 4 aromatic rings. The quantitative estimate of drug-likeness (QED) is 0.500. The standard InChI is InChI=1S/C18H13NO/c19-16-11-13(12-6-2-1-3-7-12)10-15-14-8-4-5-9-17(14)20-18(15)16/h1-11H,19H2/i4D,5D,8D,9D,10D,11D. The second-order valence-corrected chi connectivity index (χ2v) is 4.42. The lowest BCUT2D eigenvalue weighted by molar-refractivity contribution is 0.670. The van der Waals surface area contributed by atoms with Crippen molar-refractivity contribution in [2.24, 2.45) is 0 Å². The van der Waals surface area contributed by atoms with Gasteiger partial charge in [-0.1, -0.05) is 48.5 Å². The van der Waals surface area contributed by atoms with Gasteiger partial charge < -0.3 is 10.2 Å². The SMILES string of the molecule is [2H]c1c([2H])c([2H])c2c(oc3c(N)c([2H])c(-c4ccccc4)c([2H])c32)c1[2H]. The minimum absolute atomic E-state index is 0.00270. The summed E-state index contributed by atoms with van der Waals surface area (Å²) in [5, 5.41) is 0.305. The fraction of sp³-hybridized carbons (Fsp3) is 0. The fourth-order valence-corrected chi connectivity index (χ4v) is 2.23. The third kappa shape index (κ3) is 1.58. The number of nitrogens with two attached hydrogens (primary N) is 1. The summed E-state index contributed by atoms with van der Waals surface area (Å²) in [7, 11) is 0. The summed E-state index contributed by atoms with van der Waals surface area (Å²) in [6.45, 7) is 0. The van der Waals surface area contributed by atoms with Crippen molar-refractivity contribution in [1.82, 2.24) is 0 Å². The highest BCUT2D eigenvalue weighted by atomic mass is 16.3. The molecule has 0 saturated heterocycles. The molecule has 96 valence electrons. The summed E-state index contributed by atoms with van der Waals surface area (Å²) in [5.41, 5.74) is 7.00. The Kier molecular flexibility index (Phi) is 1.37. The van der Waals surface area contributed by atoms with Gasteiger partial charge in [-0.2, -0.15) is 0 Å². The molecule has 0 aliphatic heterocycles. The van der Waals surface area contributed by atoms with Gasteiger partial charge in [0.25, 0.3) is 0 Å². The Bertz CT molecular complexity index is 1200. The zero-order chi connectivity index (χ0) is 18.7. The van der Waals surface area contributed by atoms with Crippen molar-refractivity contribution in [3.8, 4) is 11.1 Å². The molecule has 2 heteroatoms. The molecule has 20 heavy (non-hydrogen) atoms. The first-order valence-electron chi connectivity index (χ1n) is 9.11. The van der Waals surface area contributed by atoms with E-state index in [4.69, 9.17) is 18.4 Å². The van der Waals surface area contributed by atoms with Crippen molar-refractivity contribution in [2.75, 3.05) is 5.73 Å². The normalized spacial score (nSPS) is 15.4. The molecule has 0 unspecified atom stereocenters. The van der Waals surface area contributed by atoms with Crippen LogP contribution < -0.4 is 5.73 Å². The van der Waals surface area contributed by atoms with Gasteiger partial charge >= 0.3 is 0 Å². The van der Waals surface area contributed by atoms with Crippen molar-refractivity contribution in [3.63, 3.8) is 0 Å². The summed E-state index contributed by atoms with van der Waals surface area (Å²) in [6, 6.07) is 7.36. The molecule has 0 aliphatic rings. The van der Waals surface area contributed by atoms with Gasteiger partial charge in [-0.05, 0) is 29.3 Å². The number of furan rings is 1. The van der Waals surface area contributed by atoms with Crippen LogP contribution in [0.1, 0.15) is 8.22 Å². The smallest absolute Gasteiger partial charge is 0.158 e. The molecule has 3 aromatic carbocycles. The zero-order valence-corrected chi connectivity index (χ0v) is 10.4. The lowest BCUT2D eigenvalue weighted by atomic mass is 10.0. The maximum absolute atomic E-state index is 8.62. The molecule has 0 spiro atoms. The average Bonchev–Trinajstić information content (AvgIpc) is 3.05. The minimum atomic E-state index is -0.416. The van der Waals surface area contributed by atoms with Gasteiger partial charge in [-0.15, -0.1) is 0 Å². The number of hydrogen-bond donors (Lipinski definition) is 1. The molecule has 2 nitrogen and oxygen atoms in total. The molecule has 0 bridgehead atoms. The van der Waals surface area contributed by atoms with Crippen molar-refractivity contribution in [1.29, 1.82) is 0 Å². The van der Waals surface area contributed by atoms with Crippen molar-refractivity contribution in [3.05, 3.63) is 66.6 Å². The lowest BCUT2D eigenvalue weighted by Crippen LogP contribution is -1.87. The van der Waals surface area contributed by atoms with Crippen molar-refractivity contribution in [2.45, 2.75) is 0 Å². The second-order valence-electron chi connectivity index (χ2n) is 4.42. The molecule has 0 radical (unpaired) electrons. The van der Waals surface area contributed by atoms with Crippen LogP contribution in [0.4, 0.5) is 5.69 Å². The number of para-hydroxylation sites is 1. The highest BCUT2D eigenvalue weighted by Crippen LogP contribution is 2.35. The van der Waals surface area contributed by atoms with E-state index >= 15 is 0 Å². The zero-order valence-electron chi connectivity index (χ0n) is 16.4. The van der Waals surface area contributed by atoms with Crippen LogP contribution in [0.15, 0.2) is 71.0 Å². The van der Waals surface area contributed by atoms with E-state index in [0.29, 0.717) is 11.1 Å². The van der Waals surface area contributed by atoms with Crippen LogP contribution in [-0.4, -0.2) is 0 Å². The molecule has 1 heterocycles. The van der Waals surface area contributed by atoms with E-state index in [2.05, 4.69) is 0 Å². The van der Waals surface area contributed by atoms with Gasteiger partial charge in [0.05, 0.1) is 13.9 Å². The van der Waals surface area contributed by atoms with Gasteiger partial charge in [0.1, 0.15) is 5.58 Å². The van der Waals surface area contributed by atoms with E-state index in [9.17, 15) is 0 Å². The van der Waals surface area contributed by atoms with Crippen LogP contribution in [0.25, 0.3) is 33.1 Å². The Labute approximate surface area is 124 Å². The van der Waals surface area contributed by atoms with Crippen LogP contribution >= 0.6 is 0 Å².